The van der Waals surface area contributed by atoms with Crippen molar-refractivity contribution in [2.24, 2.45) is 5.92 Å². The lowest BCUT2D eigenvalue weighted by molar-refractivity contribution is 0.0597. The number of nitrogens with zero attached hydrogens (tertiary/aromatic N) is 3. The number of aromatic nitrogens is 1. The molecule has 4 heteroatoms. The molecule has 1 saturated carbocycles. The van der Waals surface area contributed by atoms with Crippen LogP contribution < -0.4 is 0 Å². The topological polar surface area (TPSA) is 36.4 Å². The van der Waals surface area contributed by atoms with E-state index in [4.69, 9.17) is 0 Å². The van der Waals surface area contributed by atoms with Crippen LogP contribution in [-0.2, 0) is 6.42 Å². The zero-order valence-corrected chi connectivity index (χ0v) is 19.2. The summed E-state index contributed by atoms with van der Waals surface area (Å²) in [4.78, 5) is 22.6. The lowest BCUT2D eigenvalue weighted by Gasteiger charge is -2.37. The van der Waals surface area contributed by atoms with Crippen molar-refractivity contribution in [1.29, 1.82) is 0 Å². The maximum atomic E-state index is 13.5. The number of hydrogen-bond acceptors (Lipinski definition) is 3. The van der Waals surface area contributed by atoms with E-state index in [1.807, 2.05) is 19.1 Å². The van der Waals surface area contributed by atoms with Crippen LogP contribution in [0.3, 0.4) is 0 Å². The van der Waals surface area contributed by atoms with Gasteiger partial charge in [0.25, 0.3) is 5.91 Å². The first kappa shape index (κ1) is 22.0. The van der Waals surface area contributed by atoms with E-state index < -0.39 is 0 Å². The SMILES string of the molecule is Cc1ccccc1CCN1CCC(CN(C(=O)c2cccnc2C)C2CCCC2)CC1. The van der Waals surface area contributed by atoms with Crippen LogP contribution in [0.2, 0.25) is 0 Å². The third-order valence-electron chi connectivity index (χ3n) is 7.38. The molecule has 0 spiro atoms. The van der Waals surface area contributed by atoms with Crippen molar-refractivity contribution in [2.75, 3.05) is 26.2 Å². The van der Waals surface area contributed by atoms with E-state index in [2.05, 4.69) is 46.0 Å². The van der Waals surface area contributed by atoms with Crippen LogP contribution in [0, 0.1) is 19.8 Å². The van der Waals surface area contributed by atoms with Crippen molar-refractivity contribution in [2.45, 2.75) is 64.8 Å². The Labute approximate surface area is 187 Å². The number of amides is 1. The molecule has 1 aromatic carbocycles. The van der Waals surface area contributed by atoms with Gasteiger partial charge in [-0.2, -0.15) is 0 Å². The van der Waals surface area contributed by atoms with Gasteiger partial charge in [0, 0.05) is 31.0 Å². The lowest BCUT2D eigenvalue weighted by atomic mass is 9.94. The summed E-state index contributed by atoms with van der Waals surface area (Å²) >= 11 is 0. The number of benzene rings is 1. The van der Waals surface area contributed by atoms with Gasteiger partial charge in [0.1, 0.15) is 0 Å². The summed E-state index contributed by atoms with van der Waals surface area (Å²) < 4.78 is 0. The van der Waals surface area contributed by atoms with Crippen molar-refractivity contribution in [3.05, 3.63) is 65.0 Å². The minimum absolute atomic E-state index is 0.194. The highest BCUT2D eigenvalue weighted by molar-refractivity contribution is 5.95. The van der Waals surface area contributed by atoms with Gasteiger partial charge in [0.05, 0.1) is 5.56 Å². The van der Waals surface area contributed by atoms with Gasteiger partial charge in [-0.1, -0.05) is 37.1 Å². The molecule has 2 fully saturated rings. The molecule has 1 aromatic heterocycles. The molecule has 0 unspecified atom stereocenters. The van der Waals surface area contributed by atoms with E-state index in [1.54, 1.807) is 6.20 Å². The van der Waals surface area contributed by atoms with Crippen LogP contribution in [0.5, 0.6) is 0 Å². The van der Waals surface area contributed by atoms with Gasteiger partial charge >= 0.3 is 0 Å². The monoisotopic (exact) mass is 419 g/mol. The van der Waals surface area contributed by atoms with E-state index in [0.717, 1.165) is 56.7 Å². The zero-order valence-electron chi connectivity index (χ0n) is 19.2. The standard InChI is InChI=1S/C27H37N3O/c1-21-8-3-4-9-24(21)15-19-29-17-13-23(14-18-29)20-30(25-10-5-6-11-25)27(31)26-12-7-16-28-22(26)2/h3-4,7-9,12,16,23,25H,5-6,10-11,13-15,17-20H2,1-2H3. The Morgan fingerprint density at radius 2 is 1.77 bits per heavy atom. The molecule has 4 nitrogen and oxygen atoms in total. The molecule has 4 rings (SSSR count). The van der Waals surface area contributed by atoms with Gasteiger partial charge in [-0.25, -0.2) is 0 Å². The molecule has 2 aliphatic rings. The Balaban J connectivity index is 1.34. The molecule has 1 saturated heterocycles. The van der Waals surface area contributed by atoms with E-state index in [0.29, 0.717) is 12.0 Å². The van der Waals surface area contributed by atoms with Crippen molar-refractivity contribution in [1.82, 2.24) is 14.8 Å². The minimum atomic E-state index is 0.194. The molecule has 1 aliphatic carbocycles. The largest absolute Gasteiger partial charge is 0.335 e. The predicted molar refractivity (Wildman–Crippen MR) is 126 cm³/mol. The Hall–Kier alpha value is -2.20. The fourth-order valence-electron chi connectivity index (χ4n) is 5.32. The normalized spacial score (nSPS) is 18.4. The molecule has 166 valence electrons. The highest BCUT2D eigenvalue weighted by Crippen LogP contribution is 2.28. The number of piperidine rings is 1. The van der Waals surface area contributed by atoms with Gasteiger partial charge in [-0.3, -0.25) is 9.78 Å². The number of pyridine rings is 1. The summed E-state index contributed by atoms with van der Waals surface area (Å²) in [5, 5.41) is 0. The molecule has 0 atom stereocenters. The molecule has 0 radical (unpaired) electrons. The average molecular weight is 420 g/mol. The van der Waals surface area contributed by atoms with Crippen LogP contribution in [0.4, 0.5) is 0 Å². The third kappa shape index (κ3) is 5.54. The summed E-state index contributed by atoms with van der Waals surface area (Å²) in [5.41, 5.74) is 4.50. The molecule has 2 aromatic rings. The molecule has 1 amide bonds. The second-order valence-corrected chi connectivity index (χ2v) is 9.49. The van der Waals surface area contributed by atoms with E-state index in [-0.39, 0.29) is 5.91 Å². The van der Waals surface area contributed by atoms with E-state index >= 15 is 0 Å². The summed E-state index contributed by atoms with van der Waals surface area (Å²) in [6.45, 7) is 8.50. The smallest absolute Gasteiger partial charge is 0.255 e. The van der Waals surface area contributed by atoms with Gasteiger partial charge in [-0.15, -0.1) is 0 Å². The molecule has 1 aliphatic heterocycles. The number of rotatable bonds is 7. The highest BCUT2D eigenvalue weighted by Gasteiger charge is 2.31. The molecular weight excluding hydrogens is 382 g/mol. The van der Waals surface area contributed by atoms with Gasteiger partial charge in [-0.05, 0) is 88.2 Å². The van der Waals surface area contributed by atoms with Gasteiger partial charge in [0.2, 0.25) is 0 Å². The third-order valence-corrected chi connectivity index (χ3v) is 7.38. The molecule has 0 bridgehead atoms. The summed E-state index contributed by atoms with van der Waals surface area (Å²) in [6, 6.07) is 13.0. The number of hydrogen-bond donors (Lipinski definition) is 0. The van der Waals surface area contributed by atoms with Crippen molar-refractivity contribution in [3.63, 3.8) is 0 Å². The van der Waals surface area contributed by atoms with Crippen LogP contribution in [0.1, 0.15) is 65.7 Å². The second kappa shape index (κ2) is 10.4. The number of carbonyl (C=O) groups is 1. The zero-order chi connectivity index (χ0) is 21.6. The molecule has 2 heterocycles. The van der Waals surface area contributed by atoms with Crippen LogP contribution >= 0.6 is 0 Å². The Morgan fingerprint density at radius 3 is 2.48 bits per heavy atom. The fraction of sp³-hybridized carbons (Fsp3) is 0.556. The number of likely N-dealkylation sites (tertiary alicyclic amines) is 1. The maximum absolute atomic E-state index is 13.5. The Morgan fingerprint density at radius 1 is 1.03 bits per heavy atom. The van der Waals surface area contributed by atoms with Crippen LogP contribution in [0.25, 0.3) is 0 Å². The second-order valence-electron chi connectivity index (χ2n) is 9.49. The molecule has 0 N–H and O–H groups in total. The summed E-state index contributed by atoms with van der Waals surface area (Å²) in [6.07, 6.45) is 10.1. The molecule has 31 heavy (non-hydrogen) atoms. The van der Waals surface area contributed by atoms with Crippen molar-refractivity contribution >= 4 is 5.91 Å². The highest BCUT2D eigenvalue weighted by atomic mass is 16.2. The van der Waals surface area contributed by atoms with Crippen molar-refractivity contribution < 1.29 is 4.79 Å². The average Bonchev–Trinajstić information content (AvgIpc) is 3.32. The Kier molecular flexibility index (Phi) is 7.39. The maximum Gasteiger partial charge on any atom is 0.255 e. The summed E-state index contributed by atoms with van der Waals surface area (Å²) in [7, 11) is 0. The lowest BCUT2D eigenvalue weighted by Crippen LogP contribution is -2.45. The summed E-state index contributed by atoms with van der Waals surface area (Å²) in [5.74, 6) is 0.802. The quantitative estimate of drug-likeness (QED) is 0.631. The molecular formula is C27H37N3O. The van der Waals surface area contributed by atoms with E-state index in [9.17, 15) is 4.79 Å². The minimum Gasteiger partial charge on any atom is -0.335 e. The first-order valence-electron chi connectivity index (χ1n) is 12.1. The fourth-order valence-corrected chi connectivity index (χ4v) is 5.32. The van der Waals surface area contributed by atoms with Crippen LogP contribution in [-0.4, -0.2) is 52.9 Å². The van der Waals surface area contributed by atoms with E-state index in [1.165, 1.54) is 36.8 Å². The van der Waals surface area contributed by atoms with Crippen LogP contribution in [0.15, 0.2) is 42.6 Å². The number of aryl methyl sites for hydroxylation is 2. The van der Waals surface area contributed by atoms with Gasteiger partial charge < -0.3 is 9.80 Å². The van der Waals surface area contributed by atoms with Gasteiger partial charge in [0.15, 0.2) is 0 Å². The van der Waals surface area contributed by atoms with Crippen molar-refractivity contribution in [3.8, 4) is 0 Å². The first-order chi connectivity index (χ1) is 15.1. The Bertz CT molecular complexity index is 866. The first-order valence-corrected chi connectivity index (χ1v) is 12.1. The number of carbonyl (C=O) groups excluding carboxylic acids is 1. The predicted octanol–water partition coefficient (Wildman–Crippen LogP) is 5.04.